The summed E-state index contributed by atoms with van der Waals surface area (Å²) in [5.41, 5.74) is 4.24. The van der Waals surface area contributed by atoms with Gasteiger partial charge >= 0.3 is 0 Å². The van der Waals surface area contributed by atoms with Gasteiger partial charge in [0.25, 0.3) is 5.56 Å². The Hall–Kier alpha value is -2.47. The average molecular weight is 336 g/mol. The summed E-state index contributed by atoms with van der Waals surface area (Å²) in [6.45, 7) is 2.51. The summed E-state index contributed by atoms with van der Waals surface area (Å²) >= 11 is 1.68. The Kier molecular flexibility index (Phi) is 2.91. The minimum absolute atomic E-state index is 0.0626. The maximum atomic E-state index is 12.9. The number of aryl methyl sites for hydroxylation is 3. The van der Waals surface area contributed by atoms with E-state index in [2.05, 4.69) is 16.9 Å². The molecule has 0 amide bonds. The van der Waals surface area contributed by atoms with Gasteiger partial charge in [0.15, 0.2) is 0 Å². The maximum Gasteiger partial charge on any atom is 0.262 e. The molecule has 0 aliphatic heterocycles. The van der Waals surface area contributed by atoms with Crippen molar-refractivity contribution in [1.29, 1.82) is 0 Å². The van der Waals surface area contributed by atoms with Crippen LogP contribution in [-0.2, 0) is 19.4 Å². The predicted molar refractivity (Wildman–Crippen MR) is 94.9 cm³/mol. The molecule has 24 heavy (non-hydrogen) atoms. The van der Waals surface area contributed by atoms with Gasteiger partial charge in [-0.25, -0.2) is 9.97 Å². The van der Waals surface area contributed by atoms with E-state index in [-0.39, 0.29) is 5.56 Å². The molecule has 4 heterocycles. The molecule has 5 rings (SSSR count). The number of hydrogen-bond acceptors (Lipinski definition) is 4. The zero-order valence-corrected chi connectivity index (χ0v) is 14.1. The van der Waals surface area contributed by atoms with Gasteiger partial charge in [0.1, 0.15) is 10.5 Å². The summed E-state index contributed by atoms with van der Waals surface area (Å²) in [5, 5.41) is 0.828. The lowest BCUT2D eigenvalue weighted by Crippen LogP contribution is -2.21. The van der Waals surface area contributed by atoms with Gasteiger partial charge in [-0.2, -0.15) is 0 Å². The number of fused-ring (bicyclic) bond motifs is 4. The first-order chi connectivity index (χ1) is 11.7. The summed E-state index contributed by atoms with van der Waals surface area (Å²) in [5.74, 6) is 0. The molecule has 0 bridgehead atoms. The number of rotatable bonds is 2. The van der Waals surface area contributed by atoms with Crippen LogP contribution in [0.15, 0.2) is 35.6 Å². The second kappa shape index (κ2) is 5.01. The van der Waals surface area contributed by atoms with Crippen molar-refractivity contribution >= 4 is 27.2 Å². The second-order valence-corrected chi connectivity index (χ2v) is 7.50. The van der Waals surface area contributed by atoms with E-state index in [9.17, 15) is 4.79 Å². The lowest BCUT2D eigenvalue weighted by atomic mass is 10.2. The van der Waals surface area contributed by atoms with Crippen LogP contribution in [0.4, 0.5) is 0 Å². The molecule has 1 aliphatic carbocycles. The number of pyridine rings is 1. The first kappa shape index (κ1) is 13.9. The Morgan fingerprint density at radius 2 is 2.17 bits per heavy atom. The second-order valence-electron chi connectivity index (χ2n) is 6.42. The molecule has 1 aliphatic rings. The molecule has 0 aromatic carbocycles. The quantitative estimate of drug-likeness (QED) is 0.565. The van der Waals surface area contributed by atoms with Crippen LogP contribution in [-0.4, -0.2) is 18.9 Å². The Balaban J connectivity index is 1.61. The van der Waals surface area contributed by atoms with E-state index in [1.165, 1.54) is 16.0 Å². The Morgan fingerprint density at radius 3 is 3.08 bits per heavy atom. The van der Waals surface area contributed by atoms with Crippen molar-refractivity contribution in [2.45, 2.75) is 32.7 Å². The van der Waals surface area contributed by atoms with Gasteiger partial charge in [-0.3, -0.25) is 9.36 Å². The van der Waals surface area contributed by atoms with Crippen LogP contribution in [0.5, 0.6) is 0 Å². The van der Waals surface area contributed by atoms with Crippen LogP contribution in [0.25, 0.3) is 15.9 Å². The molecule has 4 aromatic heterocycles. The monoisotopic (exact) mass is 336 g/mol. The van der Waals surface area contributed by atoms with Gasteiger partial charge in [0, 0.05) is 17.3 Å². The largest absolute Gasteiger partial charge is 0.306 e. The molecule has 0 saturated heterocycles. The van der Waals surface area contributed by atoms with E-state index in [4.69, 9.17) is 0 Å². The van der Waals surface area contributed by atoms with Crippen LogP contribution in [0, 0.1) is 6.92 Å². The van der Waals surface area contributed by atoms with Crippen LogP contribution >= 0.6 is 11.3 Å². The van der Waals surface area contributed by atoms with Gasteiger partial charge < -0.3 is 4.40 Å². The highest BCUT2D eigenvalue weighted by Crippen LogP contribution is 2.34. The summed E-state index contributed by atoms with van der Waals surface area (Å²) in [7, 11) is 0. The van der Waals surface area contributed by atoms with Crippen molar-refractivity contribution in [3.8, 4) is 0 Å². The standard InChI is InChI=1S/C18H16N4OS/c1-11-5-6-15-20-12(8-21(15)7-11)9-22-10-19-17-16(18(22)23)13-3-2-4-14(13)24-17/h5-8,10H,2-4,9H2,1H3. The van der Waals surface area contributed by atoms with Gasteiger partial charge in [-0.05, 0) is 43.4 Å². The molecule has 0 radical (unpaired) electrons. The van der Waals surface area contributed by atoms with Crippen molar-refractivity contribution < 1.29 is 0 Å². The van der Waals surface area contributed by atoms with Gasteiger partial charge in [-0.15, -0.1) is 11.3 Å². The topological polar surface area (TPSA) is 52.2 Å². The van der Waals surface area contributed by atoms with Crippen LogP contribution in [0.3, 0.4) is 0 Å². The normalized spacial score (nSPS) is 13.9. The van der Waals surface area contributed by atoms with Gasteiger partial charge in [0.2, 0.25) is 0 Å². The van der Waals surface area contributed by atoms with Crippen molar-refractivity contribution in [1.82, 2.24) is 18.9 Å². The molecule has 5 nitrogen and oxygen atoms in total. The highest BCUT2D eigenvalue weighted by Gasteiger charge is 2.21. The molecule has 0 atom stereocenters. The SMILES string of the molecule is Cc1ccc2nc(Cn3cnc4sc5c(c4c3=O)CCC5)cn2c1. The minimum Gasteiger partial charge on any atom is -0.306 e. The molecule has 0 unspecified atom stereocenters. The molecular formula is C18H16N4OS. The fourth-order valence-corrected chi connectivity index (χ4v) is 4.76. The van der Waals surface area contributed by atoms with Gasteiger partial charge in [-0.1, -0.05) is 6.07 Å². The third-order valence-electron chi connectivity index (χ3n) is 4.67. The van der Waals surface area contributed by atoms with E-state index >= 15 is 0 Å². The van der Waals surface area contributed by atoms with Crippen LogP contribution in [0.1, 0.15) is 28.1 Å². The van der Waals surface area contributed by atoms with E-state index in [1.807, 2.05) is 28.9 Å². The molecular weight excluding hydrogens is 320 g/mol. The van der Waals surface area contributed by atoms with Crippen molar-refractivity contribution in [2.24, 2.45) is 0 Å². The maximum absolute atomic E-state index is 12.9. The lowest BCUT2D eigenvalue weighted by molar-refractivity contribution is 0.734. The Labute approximate surface area is 142 Å². The fraction of sp³-hybridized carbons (Fsp3) is 0.278. The summed E-state index contributed by atoms with van der Waals surface area (Å²) in [6.07, 6.45) is 8.92. The zero-order valence-electron chi connectivity index (χ0n) is 13.3. The summed E-state index contributed by atoms with van der Waals surface area (Å²) in [4.78, 5) is 24.3. The van der Waals surface area contributed by atoms with E-state index in [1.54, 1.807) is 22.2 Å². The number of imidazole rings is 1. The Morgan fingerprint density at radius 1 is 1.25 bits per heavy atom. The highest BCUT2D eigenvalue weighted by atomic mass is 32.1. The van der Waals surface area contributed by atoms with E-state index < -0.39 is 0 Å². The van der Waals surface area contributed by atoms with Crippen molar-refractivity contribution in [3.05, 3.63) is 62.9 Å². The molecule has 0 fully saturated rings. The van der Waals surface area contributed by atoms with E-state index in [0.717, 1.165) is 40.8 Å². The minimum atomic E-state index is 0.0626. The van der Waals surface area contributed by atoms with E-state index in [0.29, 0.717) is 6.54 Å². The molecule has 0 saturated carbocycles. The predicted octanol–water partition coefficient (Wildman–Crippen LogP) is 2.95. The first-order valence-corrected chi connectivity index (χ1v) is 8.94. The number of thiophene rings is 1. The highest BCUT2D eigenvalue weighted by molar-refractivity contribution is 7.18. The van der Waals surface area contributed by atoms with Crippen molar-refractivity contribution in [3.63, 3.8) is 0 Å². The number of nitrogens with zero attached hydrogens (tertiary/aromatic N) is 4. The molecule has 4 aromatic rings. The zero-order chi connectivity index (χ0) is 16.3. The smallest absolute Gasteiger partial charge is 0.262 e. The summed E-state index contributed by atoms with van der Waals surface area (Å²) < 4.78 is 3.69. The summed E-state index contributed by atoms with van der Waals surface area (Å²) in [6, 6.07) is 4.04. The Bertz CT molecular complexity index is 1150. The molecule has 0 N–H and O–H groups in total. The number of aromatic nitrogens is 4. The van der Waals surface area contributed by atoms with Crippen LogP contribution in [0.2, 0.25) is 0 Å². The average Bonchev–Trinajstić information content (AvgIpc) is 3.22. The third kappa shape index (κ3) is 2.03. The van der Waals surface area contributed by atoms with Crippen molar-refractivity contribution in [2.75, 3.05) is 0 Å². The fourth-order valence-electron chi connectivity index (χ4n) is 3.54. The molecule has 120 valence electrons. The van der Waals surface area contributed by atoms with Crippen LogP contribution < -0.4 is 5.56 Å². The molecule has 0 spiro atoms. The van der Waals surface area contributed by atoms with Gasteiger partial charge in [0.05, 0.1) is 24.0 Å². The lowest BCUT2D eigenvalue weighted by Gasteiger charge is -2.03. The third-order valence-corrected chi connectivity index (χ3v) is 5.87. The number of hydrogen-bond donors (Lipinski definition) is 0. The first-order valence-electron chi connectivity index (χ1n) is 8.13. The molecule has 6 heteroatoms.